The molecule has 0 unspecified atom stereocenters. The fourth-order valence-electron chi connectivity index (χ4n) is 1.89. The van der Waals surface area contributed by atoms with Gasteiger partial charge in [-0.05, 0) is 53.5 Å². The first-order valence-electron chi connectivity index (χ1n) is 6.82. The summed E-state index contributed by atoms with van der Waals surface area (Å²) in [5, 5.41) is 5.54. The fraction of sp³-hybridized carbons (Fsp3) is 0.188. The topological polar surface area (TPSA) is 71.1 Å². The molecule has 2 rings (SSSR count). The van der Waals surface area contributed by atoms with Crippen molar-refractivity contribution in [3.05, 3.63) is 57.8 Å². The lowest BCUT2D eigenvalue weighted by Crippen LogP contribution is -2.23. The van der Waals surface area contributed by atoms with Gasteiger partial charge in [0.25, 0.3) is 11.8 Å². The molecule has 2 amide bonds. The Balaban J connectivity index is 2.23. The molecule has 2 N–H and O–H groups in total. The molecule has 1 aromatic heterocycles. The normalized spacial score (nSPS) is 10.1. The largest absolute Gasteiger partial charge is 0.352 e. The summed E-state index contributed by atoms with van der Waals surface area (Å²) in [7, 11) is 0. The van der Waals surface area contributed by atoms with E-state index in [2.05, 4.69) is 31.5 Å². The highest BCUT2D eigenvalue weighted by Crippen LogP contribution is 2.19. The van der Waals surface area contributed by atoms with Crippen LogP contribution in [0, 0.1) is 6.92 Å². The molecule has 5 nitrogen and oxygen atoms in total. The standard InChI is InChI=1S/C16H16BrN3O2/c1-3-19-15(21)11-5-4-10(2)14(7-11)20-16(22)12-6-13(17)9-18-8-12/h4-9H,3H2,1-2H3,(H,19,21)(H,20,22). The molecule has 0 aliphatic carbocycles. The summed E-state index contributed by atoms with van der Waals surface area (Å²) in [5.41, 5.74) is 2.44. The van der Waals surface area contributed by atoms with E-state index < -0.39 is 0 Å². The Morgan fingerprint density at radius 1 is 1.14 bits per heavy atom. The minimum absolute atomic E-state index is 0.165. The summed E-state index contributed by atoms with van der Waals surface area (Å²) in [6.07, 6.45) is 3.10. The van der Waals surface area contributed by atoms with Crippen molar-refractivity contribution in [2.24, 2.45) is 0 Å². The second kappa shape index (κ2) is 7.17. The SMILES string of the molecule is CCNC(=O)c1ccc(C)c(NC(=O)c2cncc(Br)c2)c1. The monoisotopic (exact) mass is 361 g/mol. The molecule has 0 saturated carbocycles. The number of pyridine rings is 1. The van der Waals surface area contributed by atoms with Crippen molar-refractivity contribution >= 4 is 33.4 Å². The average Bonchev–Trinajstić information content (AvgIpc) is 2.49. The van der Waals surface area contributed by atoms with Gasteiger partial charge in [-0.25, -0.2) is 0 Å². The van der Waals surface area contributed by atoms with Gasteiger partial charge < -0.3 is 10.6 Å². The first kappa shape index (κ1) is 16.2. The van der Waals surface area contributed by atoms with E-state index >= 15 is 0 Å². The third-order valence-corrected chi connectivity index (χ3v) is 3.49. The van der Waals surface area contributed by atoms with E-state index in [1.165, 1.54) is 6.20 Å². The van der Waals surface area contributed by atoms with Crippen LogP contribution in [-0.4, -0.2) is 23.3 Å². The van der Waals surface area contributed by atoms with Gasteiger partial charge in [0.15, 0.2) is 0 Å². The van der Waals surface area contributed by atoms with Gasteiger partial charge >= 0.3 is 0 Å². The van der Waals surface area contributed by atoms with Crippen LogP contribution < -0.4 is 10.6 Å². The number of nitrogens with zero attached hydrogens (tertiary/aromatic N) is 1. The highest BCUT2D eigenvalue weighted by molar-refractivity contribution is 9.10. The number of aryl methyl sites for hydroxylation is 1. The highest BCUT2D eigenvalue weighted by atomic mass is 79.9. The van der Waals surface area contributed by atoms with Gasteiger partial charge in [-0.1, -0.05) is 6.07 Å². The maximum atomic E-state index is 12.3. The Labute approximate surface area is 137 Å². The van der Waals surface area contributed by atoms with Crippen LogP contribution in [0.25, 0.3) is 0 Å². The molecular formula is C16H16BrN3O2. The number of rotatable bonds is 4. The van der Waals surface area contributed by atoms with Gasteiger partial charge in [0.2, 0.25) is 0 Å². The summed E-state index contributed by atoms with van der Waals surface area (Å²) in [6, 6.07) is 6.89. The Bertz CT molecular complexity index is 716. The molecule has 0 spiro atoms. The van der Waals surface area contributed by atoms with Crippen LogP contribution in [0.3, 0.4) is 0 Å². The predicted octanol–water partition coefficient (Wildman–Crippen LogP) is 3.15. The molecule has 0 radical (unpaired) electrons. The van der Waals surface area contributed by atoms with Gasteiger partial charge in [0.1, 0.15) is 0 Å². The third-order valence-electron chi connectivity index (χ3n) is 3.05. The van der Waals surface area contributed by atoms with Crippen molar-refractivity contribution in [2.45, 2.75) is 13.8 Å². The number of anilines is 1. The number of nitrogens with one attached hydrogen (secondary N) is 2. The molecule has 0 bridgehead atoms. The third kappa shape index (κ3) is 3.92. The van der Waals surface area contributed by atoms with E-state index in [0.29, 0.717) is 23.4 Å². The summed E-state index contributed by atoms with van der Waals surface area (Å²) in [4.78, 5) is 28.1. The zero-order valence-electron chi connectivity index (χ0n) is 12.3. The van der Waals surface area contributed by atoms with E-state index in [-0.39, 0.29) is 11.8 Å². The Morgan fingerprint density at radius 3 is 2.59 bits per heavy atom. The predicted molar refractivity (Wildman–Crippen MR) is 89.1 cm³/mol. The first-order chi connectivity index (χ1) is 10.5. The number of halogens is 1. The van der Waals surface area contributed by atoms with E-state index in [1.54, 1.807) is 30.5 Å². The second-order valence-corrected chi connectivity index (χ2v) is 5.65. The maximum Gasteiger partial charge on any atom is 0.257 e. The number of carbonyl (C=O) groups excluding carboxylic acids is 2. The minimum Gasteiger partial charge on any atom is -0.352 e. The first-order valence-corrected chi connectivity index (χ1v) is 7.61. The zero-order chi connectivity index (χ0) is 16.1. The zero-order valence-corrected chi connectivity index (χ0v) is 13.9. The van der Waals surface area contributed by atoms with Crippen molar-refractivity contribution in [1.82, 2.24) is 10.3 Å². The van der Waals surface area contributed by atoms with Crippen molar-refractivity contribution in [2.75, 3.05) is 11.9 Å². The van der Waals surface area contributed by atoms with Gasteiger partial charge in [0, 0.05) is 34.7 Å². The molecular weight excluding hydrogens is 346 g/mol. The lowest BCUT2D eigenvalue weighted by atomic mass is 10.1. The lowest BCUT2D eigenvalue weighted by molar-refractivity contribution is 0.0954. The van der Waals surface area contributed by atoms with Crippen LogP contribution in [0.15, 0.2) is 41.1 Å². The average molecular weight is 362 g/mol. The molecule has 0 aliphatic heterocycles. The Kier molecular flexibility index (Phi) is 5.27. The van der Waals surface area contributed by atoms with E-state index in [4.69, 9.17) is 0 Å². The molecule has 1 heterocycles. The molecule has 22 heavy (non-hydrogen) atoms. The lowest BCUT2D eigenvalue weighted by Gasteiger charge is -2.10. The van der Waals surface area contributed by atoms with Gasteiger partial charge in [-0.3, -0.25) is 14.6 Å². The van der Waals surface area contributed by atoms with E-state index in [0.717, 1.165) is 10.0 Å². The van der Waals surface area contributed by atoms with E-state index in [9.17, 15) is 9.59 Å². The molecule has 0 aliphatic rings. The van der Waals surface area contributed by atoms with Gasteiger partial charge in [0.05, 0.1) is 5.56 Å². The second-order valence-electron chi connectivity index (χ2n) is 4.74. The van der Waals surface area contributed by atoms with E-state index in [1.807, 2.05) is 13.8 Å². The van der Waals surface area contributed by atoms with Crippen molar-refractivity contribution in [3.63, 3.8) is 0 Å². The molecule has 6 heteroatoms. The number of hydrogen-bond donors (Lipinski definition) is 2. The smallest absolute Gasteiger partial charge is 0.257 e. The summed E-state index contributed by atoms with van der Waals surface area (Å²) in [6.45, 7) is 4.28. The molecule has 0 saturated heterocycles. The summed E-state index contributed by atoms with van der Waals surface area (Å²) in [5.74, 6) is -0.438. The van der Waals surface area contributed by atoms with Crippen LogP contribution in [0.5, 0.6) is 0 Å². The highest BCUT2D eigenvalue weighted by Gasteiger charge is 2.11. The van der Waals surface area contributed by atoms with Crippen LogP contribution in [0.4, 0.5) is 5.69 Å². The molecule has 0 fully saturated rings. The summed E-state index contributed by atoms with van der Waals surface area (Å²) < 4.78 is 0.730. The maximum absolute atomic E-state index is 12.3. The number of aromatic nitrogens is 1. The van der Waals surface area contributed by atoms with Gasteiger partial charge in [-0.15, -0.1) is 0 Å². The Morgan fingerprint density at radius 2 is 1.91 bits per heavy atom. The number of amides is 2. The summed E-state index contributed by atoms with van der Waals surface area (Å²) >= 11 is 3.28. The van der Waals surface area contributed by atoms with Gasteiger partial charge in [-0.2, -0.15) is 0 Å². The van der Waals surface area contributed by atoms with Crippen LogP contribution in [-0.2, 0) is 0 Å². The van der Waals surface area contributed by atoms with Crippen LogP contribution in [0.1, 0.15) is 33.2 Å². The van der Waals surface area contributed by atoms with Crippen molar-refractivity contribution in [1.29, 1.82) is 0 Å². The Hall–Kier alpha value is -2.21. The quantitative estimate of drug-likeness (QED) is 0.878. The number of benzene rings is 1. The molecule has 114 valence electrons. The molecule has 2 aromatic rings. The van der Waals surface area contributed by atoms with Crippen LogP contribution >= 0.6 is 15.9 Å². The van der Waals surface area contributed by atoms with Crippen molar-refractivity contribution in [3.8, 4) is 0 Å². The molecule has 1 aromatic carbocycles. The van der Waals surface area contributed by atoms with Crippen molar-refractivity contribution < 1.29 is 9.59 Å². The fourth-order valence-corrected chi connectivity index (χ4v) is 2.26. The number of hydrogen-bond acceptors (Lipinski definition) is 3. The molecule has 0 atom stereocenters. The number of carbonyl (C=O) groups is 2. The minimum atomic E-state index is -0.273. The van der Waals surface area contributed by atoms with Crippen LogP contribution in [0.2, 0.25) is 0 Å².